The first kappa shape index (κ1) is 29.5. The second-order valence-electron chi connectivity index (χ2n) is 14.0. The maximum absolute atomic E-state index is 12.6. The Hall–Kier alpha value is -1.62. The molecule has 9 heteroatoms. The monoisotopic (exact) mass is 573 g/mol. The van der Waals surface area contributed by atoms with Crippen LogP contribution in [0.1, 0.15) is 78.1 Å². The summed E-state index contributed by atoms with van der Waals surface area (Å²) in [5.74, 6) is -0.101. The zero-order valence-corrected chi connectivity index (χ0v) is 24.4. The third-order valence-electron chi connectivity index (χ3n) is 12.2. The van der Waals surface area contributed by atoms with Gasteiger partial charge in [-0.3, -0.25) is 4.99 Å². The Bertz CT molecular complexity index is 1100. The zero-order chi connectivity index (χ0) is 29.2. The SMILES string of the molecule is C=CCN=C[C@]12CC[C@@H](O[C@H]3C[C@@H](O)[C@@H](O)[C@@H](C)O3)C[C@@]1(O)CC[C@@H]1[C@@H]2CC[C@]2(C)[C@@H](C3=CC(=O)OC3)CC[C@@]12O. The van der Waals surface area contributed by atoms with E-state index in [1.54, 1.807) is 19.1 Å². The van der Waals surface area contributed by atoms with Crippen LogP contribution in [0.3, 0.4) is 0 Å². The third-order valence-corrected chi connectivity index (χ3v) is 12.2. The van der Waals surface area contributed by atoms with Gasteiger partial charge in [-0.05, 0) is 81.6 Å². The smallest absolute Gasteiger partial charge is 0.331 e. The molecule has 5 fully saturated rings. The van der Waals surface area contributed by atoms with Gasteiger partial charge in [-0.2, -0.15) is 0 Å². The topological polar surface area (TPSA) is 138 Å². The largest absolute Gasteiger partial charge is 0.458 e. The molecule has 41 heavy (non-hydrogen) atoms. The summed E-state index contributed by atoms with van der Waals surface area (Å²) >= 11 is 0. The Morgan fingerprint density at radius 3 is 2.61 bits per heavy atom. The number of aliphatic hydroxyl groups excluding tert-OH is 2. The van der Waals surface area contributed by atoms with Crippen molar-refractivity contribution in [2.45, 2.75) is 120 Å². The van der Waals surface area contributed by atoms with Crippen molar-refractivity contribution in [2.24, 2.45) is 33.6 Å². The van der Waals surface area contributed by atoms with Gasteiger partial charge in [-0.1, -0.05) is 13.0 Å². The van der Waals surface area contributed by atoms with Gasteiger partial charge >= 0.3 is 5.97 Å². The third kappa shape index (κ3) is 4.49. The molecular formula is C32H47NO8. The Labute approximate surface area is 242 Å². The Balaban J connectivity index is 1.26. The minimum Gasteiger partial charge on any atom is -0.458 e. The average molecular weight is 574 g/mol. The molecule has 0 unspecified atom stereocenters. The molecule has 228 valence electrons. The summed E-state index contributed by atoms with van der Waals surface area (Å²) in [4.78, 5) is 16.6. The molecule has 0 aromatic heterocycles. The van der Waals surface area contributed by atoms with Crippen molar-refractivity contribution in [3.05, 3.63) is 24.3 Å². The number of carbonyl (C=O) groups is 1. The Morgan fingerprint density at radius 1 is 1.12 bits per heavy atom. The lowest BCUT2D eigenvalue weighted by atomic mass is 9.41. The fourth-order valence-electron chi connectivity index (χ4n) is 10.1. The fraction of sp³-hybridized carbons (Fsp3) is 0.812. The van der Waals surface area contributed by atoms with Gasteiger partial charge in [0.05, 0.1) is 36.1 Å². The van der Waals surface area contributed by atoms with Crippen molar-refractivity contribution in [1.82, 2.24) is 0 Å². The van der Waals surface area contributed by atoms with Crippen molar-refractivity contribution < 1.29 is 39.4 Å². The van der Waals surface area contributed by atoms with Crippen LogP contribution in [0.4, 0.5) is 0 Å². The quantitative estimate of drug-likeness (QED) is 0.165. The van der Waals surface area contributed by atoms with E-state index in [2.05, 4.69) is 13.5 Å². The maximum Gasteiger partial charge on any atom is 0.331 e. The second kappa shape index (κ2) is 10.5. The average Bonchev–Trinajstić information content (AvgIpc) is 3.47. The molecule has 9 nitrogen and oxygen atoms in total. The van der Waals surface area contributed by atoms with Crippen LogP contribution >= 0.6 is 0 Å². The molecule has 1 saturated heterocycles. The number of nitrogens with zero attached hydrogens (tertiary/aromatic N) is 1. The van der Waals surface area contributed by atoms with Crippen LogP contribution in [-0.2, 0) is 19.0 Å². The predicted molar refractivity (Wildman–Crippen MR) is 151 cm³/mol. The molecule has 2 aliphatic heterocycles. The summed E-state index contributed by atoms with van der Waals surface area (Å²) in [6.45, 7) is 8.54. The minimum atomic E-state index is -1.06. The standard InChI is InChI=1S/C32H47NO8/c1-4-13-33-18-30-10-5-21(41-27-15-25(34)28(36)19(2)40-27)16-31(30,37)11-7-24-23(30)6-9-29(3)22(8-12-32(24,29)38)20-14-26(35)39-17-20/h4,14,18-19,21-25,27-28,34,36-38H,1,5-13,15-17H2,2-3H3/t19-,21-,22-,23+,24-,25-,27+,28+,29-,30+,31+,32-/m1/s1. The van der Waals surface area contributed by atoms with Gasteiger partial charge in [0, 0.05) is 36.0 Å². The van der Waals surface area contributed by atoms with Crippen LogP contribution in [0.15, 0.2) is 29.3 Å². The minimum absolute atomic E-state index is 0.0111. The number of cyclic esters (lactones) is 1. The van der Waals surface area contributed by atoms with E-state index in [0.717, 1.165) is 24.8 Å². The first-order chi connectivity index (χ1) is 19.5. The number of aliphatic hydroxyl groups is 4. The van der Waals surface area contributed by atoms with Crippen LogP contribution in [0.5, 0.6) is 0 Å². The van der Waals surface area contributed by atoms with Crippen LogP contribution in [-0.4, -0.2) is 87.7 Å². The summed E-state index contributed by atoms with van der Waals surface area (Å²) in [5.41, 5.74) is -1.91. The van der Waals surface area contributed by atoms with E-state index in [1.807, 2.05) is 6.21 Å². The number of aliphatic imine (C=N–C) groups is 1. The van der Waals surface area contributed by atoms with E-state index in [4.69, 9.17) is 19.2 Å². The summed E-state index contributed by atoms with van der Waals surface area (Å²) in [6.07, 6.45) is 8.52. The van der Waals surface area contributed by atoms with Crippen molar-refractivity contribution in [2.75, 3.05) is 13.2 Å². The molecule has 0 aromatic rings. The number of carbonyl (C=O) groups excluding carboxylic acids is 1. The van der Waals surface area contributed by atoms with Crippen molar-refractivity contribution >= 4 is 12.2 Å². The van der Waals surface area contributed by atoms with Gasteiger partial charge in [0.15, 0.2) is 6.29 Å². The summed E-state index contributed by atoms with van der Waals surface area (Å²) < 4.78 is 17.4. The highest BCUT2D eigenvalue weighted by molar-refractivity contribution is 5.85. The van der Waals surface area contributed by atoms with E-state index in [1.165, 1.54) is 0 Å². The maximum atomic E-state index is 12.6. The normalized spacial score (nSPS) is 51.5. The molecule has 2 heterocycles. The van der Waals surface area contributed by atoms with Crippen LogP contribution < -0.4 is 0 Å². The summed E-state index contributed by atoms with van der Waals surface area (Å²) in [7, 11) is 0. The zero-order valence-electron chi connectivity index (χ0n) is 24.4. The van der Waals surface area contributed by atoms with Crippen molar-refractivity contribution in [1.29, 1.82) is 0 Å². The molecule has 0 spiro atoms. The van der Waals surface area contributed by atoms with Gasteiger partial charge in [0.25, 0.3) is 0 Å². The molecule has 6 rings (SSSR count). The molecule has 0 aromatic carbocycles. The molecule has 4 saturated carbocycles. The van der Waals surface area contributed by atoms with E-state index in [-0.39, 0.29) is 41.7 Å². The van der Waals surface area contributed by atoms with Crippen LogP contribution in [0.2, 0.25) is 0 Å². The van der Waals surface area contributed by atoms with Crippen LogP contribution in [0.25, 0.3) is 0 Å². The number of ether oxygens (including phenoxy) is 3. The first-order valence-corrected chi connectivity index (χ1v) is 15.6. The Kier molecular flexibility index (Phi) is 7.56. The lowest BCUT2D eigenvalue weighted by Gasteiger charge is -2.66. The number of fused-ring (bicyclic) bond motifs is 5. The number of hydrogen-bond donors (Lipinski definition) is 4. The van der Waals surface area contributed by atoms with Crippen molar-refractivity contribution in [3.8, 4) is 0 Å². The number of hydrogen-bond acceptors (Lipinski definition) is 9. The molecular weight excluding hydrogens is 526 g/mol. The van der Waals surface area contributed by atoms with Gasteiger partial charge < -0.3 is 34.6 Å². The molecule has 4 N–H and O–H groups in total. The molecule has 0 bridgehead atoms. The molecule has 6 aliphatic rings. The highest BCUT2D eigenvalue weighted by Crippen LogP contribution is 2.70. The van der Waals surface area contributed by atoms with E-state index in [9.17, 15) is 25.2 Å². The summed E-state index contributed by atoms with van der Waals surface area (Å²) in [6, 6.07) is 0. The molecule has 4 aliphatic carbocycles. The summed E-state index contributed by atoms with van der Waals surface area (Å²) in [5, 5.41) is 45.4. The fourth-order valence-corrected chi connectivity index (χ4v) is 10.1. The van der Waals surface area contributed by atoms with Gasteiger partial charge in [-0.15, -0.1) is 6.58 Å². The van der Waals surface area contributed by atoms with Gasteiger partial charge in [0.2, 0.25) is 0 Å². The molecule has 0 amide bonds. The highest BCUT2D eigenvalue weighted by Gasteiger charge is 2.71. The number of esters is 1. The van der Waals surface area contributed by atoms with Gasteiger partial charge in [-0.25, -0.2) is 4.79 Å². The van der Waals surface area contributed by atoms with Gasteiger partial charge in [0.1, 0.15) is 12.7 Å². The van der Waals surface area contributed by atoms with E-state index >= 15 is 0 Å². The van der Waals surface area contributed by atoms with Crippen LogP contribution in [0, 0.1) is 28.6 Å². The van der Waals surface area contributed by atoms with E-state index < -0.39 is 41.2 Å². The second-order valence-corrected chi connectivity index (χ2v) is 14.0. The molecule has 0 radical (unpaired) electrons. The molecule has 12 atom stereocenters. The van der Waals surface area contributed by atoms with Crippen molar-refractivity contribution in [3.63, 3.8) is 0 Å². The first-order valence-electron chi connectivity index (χ1n) is 15.6. The lowest BCUT2D eigenvalue weighted by Crippen LogP contribution is -2.69. The van der Waals surface area contributed by atoms with E-state index in [0.29, 0.717) is 51.7 Å². The lowest BCUT2D eigenvalue weighted by molar-refractivity contribution is -0.282. The highest BCUT2D eigenvalue weighted by atomic mass is 16.7. The number of rotatable bonds is 6. The Morgan fingerprint density at radius 2 is 1.90 bits per heavy atom. The predicted octanol–water partition coefficient (Wildman–Crippen LogP) is 2.84.